The zero-order valence-corrected chi connectivity index (χ0v) is 11.1. The van der Waals surface area contributed by atoms with Gasteiger partial charge in [0.15, 0.2) is 0 Å². The predicted molar refractivity (Wildman–Crippen MR) is 77.4 cm³/mol. The van der Waals surface area contributed by atoms with Gasteiger partial charge in [0, 0.05) is 6.20 Å². The maximum atomic E-state index is 11.3. The SMILES string of the molecule is CCOc1ccc(/C=C(/C(=O)O)c2ccccn2)cc1. The van der Waals surface area contributed by atoms with E-state index in [1.165, 1.54) is 0 Å². The van der Waals surface area contributed by atoms with Crippen molar-refractivity contribution in [2.75, 3.05) is 6.61 Å². The maximum absolute atomic E-state index is 11.3. The van der Waals surface area contributed by atoms with E-state index in [0.29, 0.717) is 12.3 Å². The zero-order chi connectivity index (χ0) is 14.4. The van der Waals surface area contributed by atoms with E-state index in [-0.39, 0.29) is 5.57 Å². The van der Waals surface area contributed by atoms with Crippen molar-refractivity contribution in [1.29, 1.82) is 0 Å². The number of carbonyl (C=O) groups is 1. The summed E-state index contributed by atoms with van der Waals surface area (Å²) in [6, 6.07) is 12.4. The molecule has 102 valence electrons. The van der Waals surface area contributed by atoms with Crippen molar-refractivity contribution in [2.24, 2.45) is 0 Å². The van der Waals surface area contributed by atoms with E-state index in [4.69, 9.17) is 4.74 Å². The molecule has 0 amide bonds. The summed E-state index contributed by atoms with van der Waals surface area (Å²) in [5, 5.41) is 9.29. The number of ether oxygens (including phenoxy) is 1. The fraction of sp³-hybridized carbons (Fsp3) is 0.125. The van der Waals surface area contributed by atoms with Crippen LogP contribution >= 0.6 is 0 Å². The Morgan fingerprint density at radius 1 is 1.25 bits per heavy atom. The lowest BCUT2D eigenvalue weighted by atomic mass is 10.1. The van der Waals surface area contributed by atoms with Gasteiger partial charge in [-0.25, -0.2) is 4.79 Å². The Labute approximate surface area is 117 Å². The summed E-state index contributed by atoms with van der Waals surface area (Å²) in [4.78, 5) is 15.4. The first-order valence-electron chi connectivity index (χ1n) is 6.30. The molecule has 0 fully saturated rings. The van der Waals surface area contributed by atoms with Gasteiger partial charge in [0.05, 0.1) is 17.9 Å². The Kier molecular flexibility index (Phi) is 4.50. The fourth-order valence-corrected chi connectivity index (χ4v) is 1.76. The first kappa shape index (κ1) is 13.8. The van der Waals surface area contributed by atoms with E-state index < -0.39 is 5.97 Å². The molecule has 0 spiro atoms. The summed E-state index contributed by atoms with van der Waals surface area (Å²) in [5.41, 5.74) is 1.39. The fourth-order valence-electron chi connectivity index (χ4n) is 1.76. The number of carboxylic acid groups (broad SMARTS) is 1. The smallest absolute Gasteiger partial charge is 0.337 e. The Bertz CT molecular complexity index is 603. The van der Waals surface area contributed by atoms with E-state index in [2.05, 4.69) is 4.98 Å². The van der Waals surface area contributed by atoms with E-state index >= 15 is 0 Å². The Hall–Kier alpha value is -2.62. The number of pyridine rings is 1. The van der Waals surface area contributed by atoms with E-state index in [1.807, 2.05) is 31.2 Å². The van der Waals surface area contributed by atoms with Gasteiger partial charge in [-0.1, -0.05) is 18.2 Å². The van der Waals surface area contributed by atoms with E-state index in [9.17, 15) is 9.90 Å². The van der Waals surface area contributed by atoms with Crippen LogP contribution in [0.15, 0.2) is 48.7 Å². The van der Waals surface area contributed by atoms with Crippen molar-refractivity contribution in [3.8, 4) is 5.75 Å². The molecule has 4 nitrogen and oxygen atoms in total. The second-order valence-electron chi connectivity index (χ2n) is 4.08. The monoisotopic (exact) mass is 269 g/mol. The van der Waals surface area contributed by atoms with Crippen LogP contribution in [0.5, 0.6) is 5.75 Å². The molecule has 0 saturated heterocycles. The van der Waals surface area contributed by atoms with Gasteiger partial charge in [0.1, 0.15) is 5.75 Å². The molecule has 0 unspecified atom stereocenters. The van der Waals surface area contributed by atoms with Crippen molar-refractivity contribution in [2.45, 2.75) is 6.92 Å². The molecule has 0 aliphatic rings. The molecular formula is C16H15NO3. The van der Waals surface area contributed by atoms with Crippen LogP contribution < -0.4 is 4.74 Å². The van der Waals surface area contributed by atoms with Gasteiger partial charge in [-0.2, -0.15) is 0 Å². The van der Waals surface area contributed by atoms with Gasteiger partial charge in [0.2, 0.25) is 0 Å². The zero-order valence-electron chi connectivity index (χ0n) is 11.1. The van der Waals surface area contributed by atoms with Gasteiger partial charge in [0.25, 0.3) is 0 Å². The standard InChI is InChI=1S/C16H15NO3/c1-2-20-13-8-6-12(7-9-13)11-14(16(18)19)15-5-3-4-10-17-15/h3-11H,2H2,1H3,(H,18,19)/b14-11+. The second kappa shape index (κ2) is 6.52. The highest BCUT2D eigenvalue weighted by molar-refractivity contribution is 6.20. The Morgan fingerprint density at radius 3 is 2.55 bits per heavy atom. The third-order valence-corrected chi connectivity index (χ3v) is 2.67. The maximum Gasteiger partial charge on any atom is 0.337 e. The summed E-state index contributed by atoms with van der Waals surface area (Å²) in [6.45, 7) is 2.51. The van der Waals surface area contributed by atoms with Crippen molar-refractivity contribution in [3.05, 3.63) is 59.9 Å². The highest BCUT2D eigenvalue weighted by Gasteiger charge is 2.11. The highest BCUT2D eigenvalue weighted by atomic mass is 16.5. The molecule has 4 heteroatoms. The molecule has 0 bridgehead atoms. The van der Waals surface area contributed by atoms with Crippen LogP contribution in [0.4, 0.5) is 0 Å². The lowest BCUT2D eigenvalue weighted by Crippen LogP contribution is -2.01. The molecule has 1 aromatic carbocycles. The molecule has 0 saturated carbocycles. The van der Waals surface area contributed by atoms with Crippen molar-refractivity contribution >= 4 is 17.6 Å². The molecule has 1 heterocycles. The molecule has 2 aromatic rings. The first-order valence-corrected chi connectivity index (χ1v) is 6.30. The van der Waals surface area contributed by atoms with Crippen LogP contribution in [0.2, 0.25) is 0 Å². The third-order valence-electron chi connectivity index (χ3n) is 2.67. The minimum Gasteiger partial charge on any atom is -0.494 e. The molecular weight excluding hydrogens is 254 g/mol. The number of nitrogens with zero attached hydrogens (tertiary/aromatic N) is 1. The number of hydrogen-bond donors (Lipinski definition) is 1. The number of rotatable bonds is 5. The molecule has 0 aliphatic heterocycles. The normalized spacial score (nSPS) is 11.2. The summed E-state index contributed by atoms with van der Waals surface area (Å²) in [6.07, 6.45) is 3.17. The van der Waals surface area contributed by atoms with Crippen molar-refractivity contribution in [3.63, 3.8) is 0 Å². The van der Waals surface area contributed by atoms with Crippen LogP contribution in [0.1, 0.15) is 18.2 Å². The largest absolute Gasteiger partial charge is 0.494 e. The van der Waals surface area contributed by atoms with E-state index in [1.54, 1.807) is 30.5 Å². The third kappa shape index (κ3) is 3.45. The lowest BCUT2D eigenvalue weighted by molar-refractivity contribution is -0.130. The summed E-state index contributed by atoms with van der Waals surface area (Å²) >= 11 is 0. The van der Waals surface area contributed by atoms with Gasteiger partial charge >= 0.3 is 5.97 Å². The molecule has 1 aromatic heterocycles. The number of carboxylic acids is 1. The van der Waals surface area contributed by atoms with Crippen LogP contribution in [-0.4, -0.2) is 22.7 Å². The van der Waals surface area contributed by atoms with Crippen LogP contribution in [0.3, 0.4) is 0 Å². The number of benzene rings is 1. The average Bonchev–Trinajstić information content (AvgIpc) is 2.47. The minimum absolute atomic E-state index is 0.162. The van der Waals surface area contributed by atoms with Crippen LogP contribution in [-0.2, 0) is 4.79 Å². The first-order chi connectivity index (χ1) is 9.70. The second-order valence-corrected chi connectivity index (χ2v) is 4.08. The van der Waals surface area contributed by atoms with Crippen molar-refractivity contribution in [1.82, 2.24) is 4.98 Å². The van der Waals surface area contributed by atoms with Gasteiger partial charge in [-0.3, -0.25) is 4.98 Å². The van der Waals surface area contributed by atoms with Crippen LogP contribution in [0, 0.1) is 0 Å². The number of aliphatic carboxylic acids is 1. The Balaban J connectivity index is 2.32. The number of hydrogen-bond acceptors (Lipinski definition) is 3. The van der Waals surface area contributed by atoms with Gasteiger partial charge in [-0.15, -0.1) is 0 Å². The average molecular weight is 269 g/mol. The molecule has 1 N–H and O–H groups in total. The minimum atomic E-state index is -1.00. The molecule has 2 rings (SSSR count). The molecule has 0 aliphatic carbocycles. The van der Waals surface area contributed by atoms with E-state index in [0.717, 1.165) is 11.3 Å². The molecule has 0 atom stereocenters. The summed E-state index contributed by atoms with van der Waals surface area (Å²) in [5.74, 6) is -0.239. The lowest BCUT2D eigenvalue weighted by Gasteiger charge is -2.04. The van der Waals surface area contributed by atoms with Crippen LogP contribution in [0.25, 0.3) is 11.6 Å². The number of aromatic nitrogens is 1. The van der Waals surface area contributed by atoms with Gasteiger partial charge < -0.3 is 9.84 Å². The molecule has 0 radical (unpaired) electrons. The van der Waals surface area contributed by atoms with Gasteiger partial charge in [-0.05, 0) is 42.8 Å². The predicted octanol–water partition coefficient (Wildman–Crippen LogP) is 3.11. The summed E-state index contributed by atoms with van der Waals surface area (Å²) < 4.78 is 5.35. The summed E-state index contributed by atoms with van der Waals surface area (Å²) in [7, 11) is 0. The quantitative estimate of drug-likeness (QED) is 0.847. The van der Waals surface area contributed by atoms with Crippen molar-refractivity contribution < 1.29 is 14.6 Å². The Morgan fingerprint density at radius 2 is 2.00 bits per heavy atom. The topological polar surface area (TPSA) is 59.4 Å². The molecule has 20 heavy (non-hydrogen) atoms. The highest BCUT2D eigenvalue weighted by Crippen LogP contribution is 2.19.